The molecule has 0 unspecified atom stereocenters. The number of rotatable bonds is 5. The minimum atomic E-state index is -0.207. The van der Waals surface area contributed by atoms with E-state index >= 15 is 0 Å². The van der Waals surface area contributed by atoms with Gasteiger partial charge in [0.2, 0.25) is 0 Å². The quantitative estimate of drug-likeness (QED) is 0.681. The van der Waals surface area contributed by atoms with Crippen molar-refractivity contribution >= 4 is 16.5 Å². The molecular weight excluding hydrogens is 321 g/mol. The molecule has 5 heteroatoms. The van der Waals surface area contributed by atoms with Gasteiger partial charge in [-0.2, -0.15) is 0 Å². The summed E-state index contributed by atoms with van der Waals surface area (Å²) in [7, 11) is 0. The van der Waals surface area contributed by atoms with Crippen LogP contribution < -0.4 is 5.32 Å². The fraction of sp³-hybridized carbons (Fsp3) is 0.316. The SMILES string of the molecule is Cc1cc(-c2csc(NCc3ccc(F)cc3)n2)c(C)n1C1CC1. The summed E-state index contributed by atoms with van der Waals surface area (Å²) in [5, 5.41) is 6.32. The van der Waals surface area contributed by atoms with Crippen molar-refractivity contribution in [2.45, 2.75) is 39.3 Å². The maximum Gasteiger partial charge on any atom is 0.183 e. The minimum absolute atomic E-state index is 0.207. The lowest BCUT2D eigenvalue weighted by Gasteiger charge is -2.07. The molecule has 1 N–H and O–H groups in total. The largest absolute Gasteiger partial charge is 0.357 e. The van der Waals surface area contributed by atoms with E-state index in [0.717, 1.165) is 16.4 Å². The van der Waals surface area contributed by atoms with Crippen LogP contribution in [-0.2, 0) is 6.54 Å². The van der Waals surface area contributed by atoms with Crippen LogP contribution in [0.2, 0.25) is 0 Å². The molecule has 0 bridgehead atoms. The molecule has 2 heterocycles. The number of thiazole rings is 1. The second kappa shape index (κ2) is 6.06. The van der Waals surface area contributed by atoms with Crippen LogP contribution in [0.1, 0.15) is 35.8 Å². The first-order valence-electron chi connectivity index (χ1n) is 8.24. The third-order valence-corrected chi connectivity index (χ3v) is 5.33. The lowest BCUT2D eigenvalue weighted by Crippen LogP contribution is -1.99. The third kappa shape index (κ3) is 2.96. The van der Waals surface area contributed by atoms with Gasteiger partial charge in [-0.1, -0.05) is 12.1 Å². The molecule has 1 saturated carbocycles. The van der Waals surface area contributed by atoms with Crippen molar-refractivity contribution in [3.63, 3.8) is 0 Å². The summed E-state index contributed by atoms with van der Waals surface area (Å²) < 4.78 is 15.4. The van der Waals surface area contributed by atoms with Gasteiger partial charge in [-0.25, -0.2) is 9.37 Å². The summed E-state index contributed by atoms with van der Waals surface area (Å²) in [6.07, 6.45) is 2.58. The Morgan fingerprint density at radius 2 is 2.00 bits per heavy atom. The lowest BCUT2D eigenvalue weighted by molar-refractivity contribution is 0.627. The number of aryl methyl sites for hydroxylation is 1. The molecule has 124 valence electrons. The zero-order valence-electron chi connectivity index (χ0n) is 13.8. The van der Waals surface area contributed by atoms with Crippen molar-refractivity contribution < 1.29 is 4.39 Å². The summed E-state index contributed by atoms with van der Waals surface area (Å²) in [4.78, 5) is 4.73. The van der Waals surface area contributed by atoms with Gasteiger partial charge in [0.05, 0.1) is 5.69 Å². The third-order valence-electron chi connectivity index (χ3n) is 4.53. The topological polar surface area (TPSA) is 29.9 Å². The van der Waals surface area contributed by atoms with E-state index < -0.39 is 0 Å². The number of nitrogens with zero attached hydrogens (tertiary/aromatic N) is 2. The van der Waals surface area contributed by atoms with E-state index in [0.29, 0.717) is 12.6 Å². The molecule has 0 saturated heterocycles. The van der Waals surface area contributed by atoms with Crippen LogP contribution in [0.5, 0.6) is 0 Å². The van der Waals surface area contributed by atoms with Crippen molar-refractivity contribution in [2.24, 2.45) is 0 Å². The molecule has 0 spiro atoms. The number of anilines is 1. The molecule has 1 aliphatic carbocycles. The number of aromatic nitrogens is 2. The van der Waals surface area contributed by atoms with Crippen LogP contribution in [0.15, 0.2) is 35.7 Å². The van der Waals surface area contributed by atoms with Crippen molar-refractivity contribution in [1.29, 1.82) is 0 Å². The standard InChI is InChI=1S/C19H20FN3S/c1-12-9-17(13(2)23(12)16-7-8-16)18-11-24-19(22-18)21-10-14-3-5-15(20)6-4-14/h3-6,9,11,16H,7-8,10H2,1-2H3,(H,21,22). The highest BCUT2D eigenvalue weighted by molar-refractivity contribution is 7.14. The molecule has 0 amide bonds. The van der Waals surface area contributed by atoms with Gasteiger partial charge in [0.15, 0.2) is 5.13 Å². The van der Waals surface area contributed by atoms with E-state index in [2.05, 4.69) is 35.2 Å². The van der Waals surface area contributed by atoms with E-state index in [9.17, 15) is 4.39 Å². The monoisotopic (exact) mass is 341 g/mol. The lowest BCUT2D eigenvalue weighted by atomic mass is 10.2. The predicted octanol–water partition coefficient (Wildman–Crippen LogP) is 5.31. The number of hydrogen-bond acceptors (Lipinski definition) is 3. The Kier molecular flexibility index (Phi) is 3.88. The van der Waals surface area contributed by atoms with Crippen molar-refractivity contribution in [3.05, 3.63) is 58.5 Å². The smallest absolute Gasteiger partial charge is 0.183 e. The highest BCUT2D eigenvalue weighted by atomic mass is 32.1. The first kappa shape index (κ1) is 15.4. The van der Waals surface area contributed by atoms with Gasteiger partial charge in [-0.15, -0.1) is 11.3 Å². The van der Waals surface area contributed by atoms with E-state index in [4.69, 9.17) is 4.98 Å². The molecule has 1 aromatic carbocycles. The van der Waals surface area contributed by atoms with Crippen LogP contribution in [-0.4, -0.2) is 9.55 Å². The summed E-state index contributed by atoms with van der Waals surface area (Å²) in [5.74, 6) is -0.207. The molecule has 4 rings (SSSR count). The van der Waals surface area contributed by atoms with Crippen molar-refractivity contribution in [3.8, 4) is 11.3 Å². The molecule has 2 aromatic heterocycles. The zero-order valence-corrected chi connectivity index (χ0v) is 14.7. The van der Waals surface area contributed by atoms with Gasteiger partial charge < -0.3 is 9.88 Å². The highest BCUT2D eigenvalue weighted by Gasteiger charge is 2.27. The van der Waals surface area contributed by atoms with Crippen molar-refractivity contribution in [2.75, 3.05) is 5.32 Å². The summed E-state index contributed by atoms with van der Waals surface area (Å²) in [6.45, 7) is 5.01. The first-order chi connectivity index (χ1) is 11.6. The average Bonchev–Trinajstić information content (AvgIpc) is 3.20. The zero-order chi connectivity index (χ0) is 16.7. The molecule has 3 nitrogen and oxygen atoms in total. The second-order valence-electron chi connectivity index (χ2n) is 6.40. The van der Waals surface area contributed by atoms with Gasteiger partial charge in [0.1, 0.15) is 5.82 Å². The summed E-state index contributed by atoms with van der Waals surface area (Å²) in [5.41, 5.74) is 5.93. The molecule has 0 aliphatic heterocycles. The highest BCUT2D eigenvalue weighted by Crippen LogP contribution is 2.40. The number of benzene rings is 1. The molecule has 1 aliphatic rings. The van der Waals surface area contributed by atoms with Crippen LogP contribution >= 0.6 is 11.3 Å². The van der Waals surface area contributed by atoms with Gasteiger partial charge in [0.25, 0.3) is 0 Å². The Bertz CT molecular complexity index is 859. The Balaban J connectivity index is 1.50. The Morgan fingerprint density at radius 1 is 1.25 bits per heavy atom. The Labute approximate surface area is 145 Å². The summed E-state index contributed by atoms with van der Waals surface area (Å²) in [6, 6.07) is 9.48. The Hall–Kier alpha value is -2.14. The fourth-order valence-corrected chi connectivity index (χ4v) is 3.90. The first-order valence-corrected chi connectivity index (χ1v) is 9.12. The maximum atomic E-state index is 12.9. The second-order valence-corrected chi connectivity index (χ2v) is 7.26. The molecular formula is C19H20FN3S. The van der Waals surface area contributed by atoms with Crippen LogP contribution in [0.25, 0.3) is 11.3 Å². The summed E-state index contributed by atoms with van der Waals surface area (Å²) >= 11 is 1.61. The average molecular weight is 341 g/mol. The van der Waals surface area contributed by atoms with Crippen LogP contribution in [0.3, 0.4) is 0 Å². The van der Waals surface area contributed by atoms with Gasteiger partial charge in [0, 0.05) is 34.9 Å². The molecule has 1 fully saturated rings. The van der Waals surface area contributed by atoms with Gasteiger partial charge in [-0.05, 0) is 50.5 Å². The van der Waals surface area contributed by atoms with Crippen LogP contribution in [0.4, 0.5) is 9.52 Å². The molecule has 3 aromatic rings. The maximum absolute atomic E-state index is 12.9. The van der Waals surface area contributed by atoms with E-state index in [-0.39, 0.29) is 5.82 Å². The van der Waals surface area contributed by atoms with Crippen molar-refractivity contribution in [1.82, 2.24) is 9.55 Å². The van der Waals surface area contributed by atoms with E-state index in [1.165, 1.54) is 41.9 Å². The Morgan fingerprint density at radius 3 is 2.71 bits per heavy atom. The van der Waals surface area contributed by atoms with Crippen LogP contribution in [0, 0.1) is 19.7 Å². The van der Waals surface area contributed by atoms with Gasteiger partial charge >= 0.3 is 0 Å². The van der Waals surface area contributed by atoms with E-state index in [1.54, 1.807) is 23.5 Å². The molecule has 0 radical (unpaired) electrons. The molecule has 0 atom stereocenters. The number of hydrogen-bond donors (Lipinski definition) is 1. The predicted molar refractivity (Wildman–Crippen MR) is 97.0 cm³/mol. The van der Waals surface area contributed by atoms with Gasteiger partial charge in [-0.3, -0.25) is 0 Å². The minimum Gasteiger partial charge on any atom is -0.357 e. The number of halogens is 1. The normalized spacial score (nSPS) is 14.1. The fourth-order valence-electron chi connectivity index (χ4n) is 3.19. The number of nitrogens with one attached hydrogen (secondary N) is 1. The molecule has 24 heavy (non-hydrogen) atoms. The van der Waals surface area contributed by atoms with E-state index in [1.807, 2.05) is 0 Å².